The largest absolute Gasteiger partial charge is 0.350 e. The Morgan fingerprint density at radius 3 is 2.33 bits per heavy atom. The standard InChI is InChI=1S/C20H19F2N3O2/c1-12(2)18(25-19(26)17-15(21)7-4-8-16(17)22)20(27)24-11-14-6-3-5-13(9-14)10-23/h3-9,12,18H,11H2,1-2H3,(H,24,27)(H,25,26). The molecule has 2 aromatic rings. The summed E-state index contributed by atoms with van der Waals surface area (Å²) >= 11 is 0. The summed E-state index contributed by atoms with van der Waals surface area (Å²) < 4.78 is 27.5. The third-order valence-corrected chi connectivity index (χ3v) is 3.95. The Morgan fingerprint density at radius 1 is 1.11 bits per heavy atom. The van der Waals surface area contributed by atoms with Crippen molar-refractivity contribution in [2.45, 2.75) is 26.4 Å². The van der Waals surface area contributed by atoms with E-state index in [0.717, 1.165) is 23.8 Å². The molecule has 1 atom stereocenters. The minimum Gasteiger partial charge on any atom is -0.350 e. The van der Waals surface area contributed by atoms with Crippen LogP contribution < -0.4 is 10.6 Å². The highest BCUT2D eigenvalue weighted by Crippen LogP contribution is 2.13. The first-order chi connectivity index (χ1) is 12.8. The lowest BCUT2D eigenvalue weighted by molar-refractivity contribution is -0.124. The molecule has 0 aromatic heterocycles. The summed E-state index contributed by atoms with van der Waals surface area (Å²) in [4.78, 5) is 24.7. The van der Waals surface area contributed by atoms with Gasteiger partial charge >= 0.3 is 0 Å². The zero-order chi connectivity index (χ0) is 20.0. The molecular weight excluding hydrogens is 352 g/mol. The zero-order valence-corrected chi connectivity index (χ0v) is 14.9. The lowest BCUT2D eigenvalue weighted by Crippen LogP contribution is -2.49. The van der Waals surface area contributed by atoms with E-state index in [2.05, 4.69) is 10.6 Å². The van der Waals surface area contributed by atoms with Crippen LogP contribution in [0.3, 0.4) is 0 Å². The second-order valence-corrected chi connectivity index (χ2v) is 6.32. The molecule has 0 aliphatic heterocycles. The maximum absolute atomic E-state index is 13.8. The Labute approximate surface area is 156 Å². The molecule has 2 rings (SSSR count). The number of halogens is 2. The lowest BCUT2D eigenvalue weighted by atomic mass is 10.0. The predicted octanol–water partition coefficient (Wildman–Crippen LogP) is 2.91. The fraction of sp³-hybridized carbons (Fsp3) is 0.250. The number of hydrogen-bond acceptors (Lipinski definition) is 3. The van der Waals surface area contributed by atoms with E-state index >= 15 is 0 Å². The molecule has 0 heterocycles. The number of benzene rings is 2. The van der Waals surface area contributed by atoms with Crippen molar-refractivity contribution in [3.05, 3.63) is 70.8 Å². The fourth-order valence-electron chi connectivity index (χ4n) is 2.51. The van der Waals surface area contributed by atoms with Crippen molar-refractivity contribution >= 4 is 11.8 Å². The van der Waals surface area contributed by atoms with Crippen LogP contribution in [0.4, 0.5) is 8.78 Å². The van der Waals surface area contributed by atoms with Gasteiger partial charge in [-0.3, -0.25) is 9.59 Å². The summed E-state index contributed by atoms with van der Waals surface area (Å²) in [7, 11) is 0. The molecule has 0 aliphatic rings. The summed E-state index contributed by atoms with van der Waals surface area (Å²) in [6.45, 7) is 3.57. The molecular formula is C20H19F2N3O2. The molecule has 7 heteroatoms. The maximum Gasteiger partial charge on any atom is 0.257 e. The van der Waals surface area contributed by atoms with Crippen molar-refractivity contribution in [3.8, 4) is 6.07 Å². The van der Waals surface area contributed by atoms with Gasteiger partial charge in [-0.05, 0) is 35.7 Å². The van der Waals surface area contributed by atoms with Crippen molar-refractivity contribution in [1.29, 1.82) is 5.26 Å². The first-order valence-corrected chi connectivity index (χ1v) is 8.35. The van der Waals surface area contributed by atoms with Gasteiger partial charge in [0, 0.05) is 6.54 Å². The van der Waals surface area contributed by atoms with E-state index in [1.807, 2.05) is 6.07 Å². The van der Waals surface area contributed by atoms with Crippen LogP contribution in [0.2, 0.25) is 0 Å². The van der Waals surface area contributed by atoms with E-state index in [1.165, 1.54) is 0 Å². The van der Waals surface area contributed by atoms with Gasteiger partial charge in [0.2, 0.25) is 5.91 Å². The number of carbonyl (C=O) groups excluding carboxylic acids is 2. The van der Waals surface area contributed by atoms with Crippen LogP contribution in [0, 0.1) is 28.9 Å². The number of nitriles is 1. The SMILES string of the molecule is CC(C)C(NC(=O)c1c(F)cccc1F)C(=O)NCc1cccc(C#N)c1. The van der Waals surface area contributed by atoms with E-state index in [0.29, 0.717) is 5.56 Å². The predicted molar refractivity (Wildman–Crippen MR) is 95.5 cm³/mol. The van der Waals surface area contributed by atoms with Crippen molar-refractivity contribution in [2.75, 3.05) is 0 Å². The molecule has 2 amide bonds. The Bertz CT molecular complexity index is 871. The van der Waals surface area contributed by atoms with Gasteiger partial charge in [-0.15, -0.1) is 0 Å². The second kappa shape index (κ2) is 8.90. The Kier molecular flexibility index (Phi) is 6.61. The minimum atomic E-state index is -0.997. The van der Waals surface area contributed by atoms with E-state index in [1.54, 1.807) is 38.1 Å². The highest BCUT2D eigenvalue weighted by molar-refractivity contribution is 5.98. The molecule has 27 heavy (non-hydrogen) atoms. The quantitative estimate of drug-likeness (QED) is 0.819. The normalized spacial score (nSPS) is 11.6. The Balaban J connectivity index is 2.09. The van der Waals surface area contributed by atoms with Crippen molar-refractivity contribution in [3.63, 3.8) is 0 Å². The third kappa shape index (κ3) is 5.11. The van der Waals surface area contributed by atoms with Gasteiger partial charge in [0.1, 0.15) is 23.2 Å². The molecule has 0 aliphatic carbocycles. The number of nitrogens with one attached hydrogen (secondary N) is 2. The molecule has 5 nitrogen and oxygen atoms in total. The van der Waals surface area contributed by atoms with Crippen LogP contribution >= 0.6 is 0 Å². The van der Waals surface area contributed by atoms with Crippen LogP contribution in [-0.4, -0.2) is 17.9 Å². The zero-order valence-electron chi connectivity index (χ0n) is 14.9. The smallest absolute Gasteiger partial charge is 0.257 e. The molecule has 0 spiro atoms. The van der Waals surface area contributed by atoms with Gasteiger partial charge in [-0.2, -0.15) is 5.26 Å². The molecule has 140 valence electrons. The average Bonchev–Trinajstić information content (AvgIpc) is 2.64. The van der Waals surface area contributed by atoms with Crippen LogP contribution in [0.1, 0.15) is 35.3 Å². The van der Waals surface area contributed by atoms with Gasteiger partial charge in [0.25, 0.3) is 5.91 Å². The van der Waals surface area contributed by atoms with E-state index in [9.17, 15) is 18.4 Å². The first kappa shape index (κ1) is 20.0. The van der Waals surface area contributed by atoms with Crippen LogP contribution in [0.25, 0.3) is 0 Å². The number of amides is 2. The lowest BCUT2D eigenvalue weighted by Gasteiger charge is -2.22. The van der Waals surface area contributed by atoms with Crippen LogP contribution in [-0.2, 0) is 11.3 Å². The molecule has 2 aromatic carbocycles. The summed E-state index contributed by atoms with van der Waals surface area (Å²) in [6.07, 6.45) is 0. The van der Waals surface area contributed by atoms with Crippen molar-refractivity contribution < 1.29 is 18.4 Å². The summed E-state index contributed by atoms with van der Waals surface area (Å²) in [5.74, 6) is -3.79. The van der Waals surface area contributed by atoms with Crippen molar-refractivity contribution in [2.24, 2.45) is 5.92 Å². The van der Waals surface area contributed by atoms with Gasteiger partial charge in [0.15, 0.2) is 0 Å². The first-order valence-electron chi connectivity index (χ1n) is 8.35. The molecule has 0 saturated carbocycles. The van der Waals surface area contributed by atoms with Gasteiger partial charge in [-0.25, -0.2) is 8.78 Å². The van der Waals surface area contributed by atoms with Gasteiger partial charge < -0.3 is 10.6 Å². The summed E-state index contributed by atoms with van der Waals surface area (Å²) in [6, 6.07) is 10.9. The molecule has 0 radical (unpaired) electrons. The highest BCUT2D eigenvalue weighted by Gasteiger charge is 2.27. The summed E-state index contributed by atoms with van der Waals surface area (Å²) in [5, 5.41) is 14.0. The second-order valence-electron chi connectivity index (χ2n) is 6.32. The fourth-order valence-corrected chi connectivity index (χ4v) is 2.51. The Hall–Kier alpha value is -3.27. The number of hydrogen-bond donors (Lipinski definition) is 2. The molecule has 0 fully saturated rings. The molecule has 0 bridgehead atoms. The van der Waals surface area contributed by atoms with E-state index in [4.69, 9.17) is 5.26 Å². The average molecular weight is 371 g/mol. The van der Waals surface area contributed by atoms with Crippen molar-refractivity contribution in [1.82, 2.24) is 10.6 Å². The maximum atomic E-state index is 13.8. The van der Waals surface area contributed by atoms with Gasteiger partial charge in [-0.1, -0.05) is 32.0 Å². The molecule has 0 saturated heterocycles. The summed E-state index contributed by atoms with van der Waals surface area (Å²) in [5.41, 5.74) is 0.458. The van der Waals surface area contributed by atoms with Crippen LogP contribution in [0.15, 0.2) is 42.5 Å². The number of carbonyl (C=O) groups is 2. The van der Waals surface area contributed by atoms with Crippen LogP contribution in [0.5, 0.6) is 0 Å². The monoisotopic (exact) mass is 371 g/mol. The minimum absolute atomic E-state index is 0.154. The van der Waals surface area contributed by atoms with Gasteiger partial charge in [0.05, 0.1) is 11.6 Å². The highest BCUT2D eigenvalue weighted by atomic mass is 19.1. The van der Waals surface area contributed by atoms with E-state index < -0.39 is 35.1 Å². The topological polar surface area (TPSA) is 82.0 Å². The number of rotatable bonds is 6. The van der Waals surface area contributed by atoms with E-state index in [-0.39, 0.29) is 12.5 Å². The molecule has 2 N–H and O–H groups in total. The number of nitrogens with zero attached hydrogens (tertiary/aromatic N) is 1. The Morgan fingerprint density at radius 2 is 1.74 bits per heavy atom. The third-order valence-electron chi connectivity index (χ3n) is 3.95. The molecule has 1 unspecified atom stereocenters.